The summed E-state index contributed by atoms with van der Waals surface area (Å²) in [4.78, 5) is 0. The first-order valence-corrected chi connectivity index (χ1v) is 3.46. The minimum atomic E-state index is 0.650. The highest BCUT2D eigenvalue weighted by Crippen LogP contribution is 2.15. The Balaban J connectivity index is 0.000000162. The molecule has 0 nitrogen and oxygen atoms in total. The first-order chi connectivity index (χ1) is 3.50. The van der Waals surface area contributed by atoms with Crippen LogP contribution in [0.15, 0.2) is 0 Å². The minimum absolute atomic E-state index is 0.650. The Morgan fingerprint density at radius 1 is 0.714 bits per heavy atom. The molecule has 44 valence electrons. The summed E-state index contributed by atoms with van der Waals surface area (Å²) in [6.45, 7) is 0. The summed E-state index contributed by atoms with van der Waals surface area (Å²) in [7, 11) is 0. The first-order valence-electron chi connectivity index (χ1n) is 2.64. The van der Waals surface area contributed by atoms with Gasteiger partial charge in [0.25, 0.3) is 0 Å². The monoisotopic (exact) mass is 216 g/mol. The molecule has 0 atom stereocenters. The molecule has 7 heavy (non-hydrogen) atoms. The topological polar surface area (TPSA) is 0 Å². The van der Waals surface area contributed by atoms with Gasteiger partial charge in [-0.15, -0.1) is 0 Å². The second-order valence-corrected chi connectivity index (χ2v) is 1.77. The van der Waals surface area contributed by atoms with Crippen molar-refractivity contribution in [1.82, 2.24) is 0 Å². The van der Waals surface area contributed by atoms with Gasteiger partial charge < -0.3 is 0 Å². The van der Waals surface area contributed by atoms with Crippen molar-refractivity contribution >= 4 is 23.2 Å². The third-order valence-electron chi connectivity index (χ3n) is 1.25. The SMILES string of the molecule is C1CCCC1.FI. The van der Waals surface area contributed by atoms with Crippen molar-refractivity contribution in [3.8, 4) is 0 Å². The van der Waals surface area contributed by atoms with Gasteiger partial charge in [0.05, 0.1) is 0 Å². The van der Waals surface area contributed by atoms with Gasteiger partial charge in [-0.05, 0) is 0 Å². The van der Waals surface area contributed by atoms with E-state index in [1.54, 1.807) is 0 Å². The van der Waals surface area contributed by atoms with E-state index in [1.807, 2.05) is 0 Å². The van der Waals surface area contributed by atoms with E-state index in [0.29, 0.717) is 23.2 Å². The summed E-state index contributed by atoms with van der Waals surface area (Å²) < 4.78 is 9.47. The first kappa shape index (κ1) is 7.66. The molecule has 0 amide bonds. The van der Waals surface area contributed by atoms with E-state index in [1.165, 1.54) is 32.1 Å². The zero-order chi connectivity index (χ0) is 5.54. The fourth-order valence-electron chi connectivity index (χ4n) is 0.884. The Labute approximate surface area is 58.4 Å². The maximum atomic E-state index is 9.47. The van der Waals surface area contributed by atoms with Crippen molar-refractivity contribution in [2.75, 3.05) is 0 Å². The molecule has 1 fully saturated rings. The van der Waals surface area contributed by atoms with Gasteiger partial charge in [-0.3, -0.25) is 0 Å². The van der Waals surface area contributed by atoms with Crippen molar-refractivity contribution in [3.05, 3.63) is 0 Å². The van der Waals surface area contributed by atoms with E-state index in [0.717, 1.165) is 0 Å². The highest BCUT2D eigenvalue weighted by molar-refractivity contribution is 14.1. The van der Waals surface area contributed by atoms with Crippen LogP contribution in [-0.2, 0) is 0 Å². The Kier molecular flexibility index (Phi) is 7.29. The molecule has 1 saturated carbocycles. The van der Waals surface area contributed by atoms with Crippen molar-refractivity contribution in [2.45, 2.75) is 32.1 Å². The molecule has 0 aromatic carbocycles. The van der Waals surface area contributed by atoms with E-state index in [4.69, 9.17) is 0 Å². The molecule has 0 spiro atoms. The quantitative estimate of drug-likeness (QED) is 0.545. The van der Waals surface area contributed by atoms with Crippen LogP contribution in [0, 0.1) is 0 Å². The molecule has 0 aliphatic heterocycles. The lowest BCUT2D eigenvalue weighted by Crippen LogP contribution is -1.47. The lowest BCUT2D eigenvalue weighted by Gasteiger charge is -1.67. The van der Waals surface area contributed by atoms with Crippen LogP contribution in [0.1, 0.15) is 32.1 Å². The Hall–Kier alpha value is 0.660. The average molecular weight is 216 g/mol. The lowest BCUT2D eigenvalue weighted by molar-refractivity contribution is 0.886. The molecule has 0 saturated heterocycles. The Morgan fingerprint density at radius 2 is 0.857 bits per heavy atom. The van der Waals surface area contributed by atoms with Crippen molar-refractivity contribution < 1.29 is 2.86 Å². The molecule has 0 aromatic rings. The van der Waals surface area contributed by atoms with Crippen LogP contribution in [0.3, 0.4) is 0 Å². The normalized spacial score (nSPS) is 18.0. The number of hydrogen-bond acceptors (Lipinski definition) is 0. The van der Waals surface area contributed by atoms with E-state index < -0.39 is 0 Å². The number of rotatable bonds is 0. The van der Waals surface area contributed by atoms with E-state index >= 15 is 0 Å². The van der Waals surface area contributed by atoms with E-state index in [-0.39, 0.29) is 0 Å². The van der Waals surface area contributed by atoms with Crippen molar-refractivity contribution in [1.29, 1.82) is 0 Å². The zero-order valence-electron chi connectivity index (χ0n) is 4.29. The zero-order valence-corrected chi connectivity index (χ0v) is 6.45. The highest BCUT2D eigenvalue weighted by atomic mass is 127. The van der Waals surface area contributed by atoms with Crippen molar-refractivity contribution in [3.63, 3.8) is 0 Å². The molecular weight excluding hydrogens is 206 g/mol. The molecule has 0 bridgehead atoms. The smallest absolute Gasteiger partial charge is 0.171 e. The van der Waals surface area contributed by atoms with Gasteiger partial charge in [0.15, 0.2) is 23.2 Å². The molecule has 1 aliphatic rings. The summed E-state index contributed by atoms with van der Waals surface area (Å²) in [5.74, 6) is 0. The minimum Gasteiger partial charge on any atom is -0.171 e. The summed E-state index contributed by atoms with van der Waals surface area (Å²) in [5.41, 5.74) is 0. The van der Waals surface area contributed by atoms with Crippen LogP contribution in [0.25, 0.3) is 0 Å². The van der Waals surface area contributed by atoms with Crippen LogP contribution in [0.2, 0.25) is 0 Å². The molecular formula is C5H10FI. The average Bonchev–Trinajstić information content (AvgIpc) is 2.23. The van der Waals surface area contributed by atoms with Crippen LogP contribution in [0.5, 0.6) is 0 Å². The van der Waals surface area contributed by atoms with Gasteiger partial charge in [0, 0.05) is 0 Å². The van der Waals surface area contributed by atoms with Gasteiger partial charge in [-0.25, -0.2) is 0 Å². The number of hydrogen-bond donors (Lipinski definition) is 0. The van der Waals surface area contributed by atoms with Crippen molar-refractivity contribution in [2.24, 2.45) is 0 Å². The Bertz CT molecular complexity index is 19.7. The van der Waals surface area contributed by atoms with Crippen LogP contribution in [-0.4, -0.2) is 0 Å². The van der Waals surface area contributed by atoms with Crippen LogP contribution >= 0.6 is 23.2 Å². The molecule has 0 N–H and O–H groups in total. The molecule has 1 aliphatic carbocycles. The standard InChI is InChI=1S/C5H10.FI/c1-2-4-5-3-1;1-2/h1-5H2;. The molecule has 2 heteroatoms. The van der Waals surface area contributed by atoms with Gasteiger partial charge in [0.1, 0.15) is 0 Å². The molecule has 0 heterocycles. The number of halogens is 2. The highest BCUT2D eigenvalue weighted by Gasteiger charge is 1.95. The summed E-state index contributed by atoms with van der Waals surface area (Å²) in [5, 5.41) is 0. The summed E-state index contributed by atoms with van der Waals surface area (Å²) in [6, 6.07) is 0. The van der Waals surface area contributed by atoms with E-state index in [2.05, 4.69) is 0 Å². The predicted molar refractivity (Wildman–Crippen MR) is 38.2 cm³/mol. The fraction of sp³-hybridized carbons (Fsp3) is 1.00. The molecule has 0 aromatic heterocycles. The summed E-state index contributed by atoms with van der Waals surface area (Å²) >= 11 is 0.650. The van der Waals surface area contributed by atoms with Gasteiger partial charge >= 0.3 is 0 Å². The van der Waals surface area contributed by atoms with Gasteiger partial charge in [-0.2, -0.15) is 2.86 Å². The molecule has 0 radical (unpaired) electrons. The predicted octanol–water partition coefficient (Wildman–Crippen LogP) is 3.26. The fourth-order valence-corrected chi connectivity index (χ4v) is 0.884. The second kappa shape index (κ2) is 6.66. The van der Waals surface area contributed by atoms with Gasteiger partial charge in [0.2, 0.25) is 0 Å². The lowest BCUT2D eigenvalue weighted by atomic mass is 10.4. The third-order valence-corrected chi connectivity index (χ3v) is 1.25. The van der Waals surface area contributed by atoms with Gasteiger partial charge in [-0.1, -0.05) is 32.1 Å². The Morgan fingerprint density at radius 3 is 1.00 bits per heavy atom. The second-order valence-electron chi connectivity index (χ2n) is 1.77. The summed E-state index contributed by atoms with van der Waals surface area (Å²) in [6.07, 6.45) is 7.50. The molecule has 1 rings (SSSR count). The third kappa shape index (κ3) is 4.51. The van der Waals surface area contributed by atoms with Crippen LogP contribution in [0.4, 0.5) is 2.86 Å². The van der Waals surface area contributed by atoms with Crippen LogP contribution < -0.4 is 0 Å². The molecule has 0 unspecified atom stereocenters. The largest absolute Gasteiger partial charge is 0.171 e. The maximum Gasteiger partial charge on any atom is 0.171 e. The van der Waals surface area contributed by atoms with E-state index in [9.17, 15) is 2.86 Å². The maximum absolute atomic E-state index is 9.47.